The first-order chi connectivity index (χ1) is 16.0. The van der Waals surface area contributed by atoms with Gasteiger partial charge in [0.25, 0.3) is 5.56 Å². The Morgan fingerprint density at radius 2 is 2.12 bits per heavy atom. The van der Waals surface area contributed by atoms with Gasteiger partial charge in [-0.3, -0.25) is 14.2 Å². The van der Waals surface area contributed by atoms with Crippen molar-refractivity contribution in [1.29, 1.82) is 0 Å². The number of carbonyl (C=O) groups is 1. The van der Waals surface area contributed by atoms with E-state index in [4.69, 9.17) is 16.3 Å². The minimum Gasteiger partial charge on any atom is -0.376 e. The molecule has 0 aliphatic carbocycles. The minimum absolute atomic E-state index is 0.00992. The van der Waals surface area contributed by atoms with Crippen molar-refractivity contribution in [2.45, 2.75) is 32.0 Å². The maximum absolute atomic E-state index is 14.0. The monoisotopic (exact) mass is 468 g/mol. The first kappa shape index (κ1) is 21.6. The highest BCUT2D eigenvalue weighted by Gasteiger charge is 2.21. The van der Waals surface area contributed by atoms with Crippen LogP contribution in [0.15, 0.2) is 53.6 Å². The number of aromatic nitrogens is 3. The molecule has 1 aliphatic heterocycles. The third-order valence-corrected chi connectivity index (χ3v) is 6.31. The number of nitrogens with one attached hydrogen (secondary N) is 1. The summed E-state index contributed by atoms with van der Waals surface area (Å²) < 4.78 is 22.6. The Morgan fingerprint density at radius 1 is 1.27 bits per heavy atom. The second-order valence-corrected chi connectivity index (χ2v) is 8.56. The van der Waals surface area contributed by atoms with Gasteiger partial charge in [0.05, 0.1) is 24.5 Å². The highest BCUT2D eigenvalue weighted by atomic mass is 35.5. The molecule has 9 heteroatoms. The molecule has 1 saturated heterocycles. The molecule has 5 rings (SSSR count). The van der Waals surface area contributed by atoms with Gasteiger partial charge >= 0.3 is 0 Å². The van der Waals surface area contributed by atoms with Crippen LogP contribution in [-0.2, 0) is 22.6 Å². The van der Waals surface area contributed by atoms with Gasteiger partial charge in [0.1, 0.15) is 23.4 Å². The molecular formula is C24H22ClFN4O3. The smallest absolute Gasteiger partial charge is 0.278 e. The van der Waals surface area contributed by atoms with E-state index in [9.17, 15) is 14.0 Å². The van der Waals surface area contributed by atoms with E-state index in [0.29, 0.717) is 34.6 Å². The molecule has 1 amide bonds. The summed E-state index contributed by atoms with van der Waals surface area (Å²) in [5.74, 6) is -0.694. The Hall–Kier alpha value is -3.23. The topological polar surface area (TPSA) is 78.2 Å². The van der Waals surface area contributed by atoms with Gasteiger partial charge in [0, 0.05) is 23.6 Å². The van der Waals surface area contributed by atoms with Crippen molar-refractivity contribution < 1.29 is 13.9 Å². The summed E-state index contributed by atoms with van der Waals surface area (Å²) in [4.78, 5) is 30.7. The SMILES string of the molecule is O=C(Cn1c2ccc(F)cc2c2ncn(Cc3ccccc3Cl)c(=O)c21)NC[C@H]1CCCO1. The van der Waals surface area contributed by atoms with Crippen molar-refractivity contribution >= 4 is 39.4 Å². The first-order valence-corrected chi connectivity index (χ1v) is 11.2. The zero-order chi connectivity index (χ0) is 22.9. The van der Waals surface area contributed by atoms with Gasteiger partial charge < -0.3 is 14.6 Å². The summed E-state index contributed by atoms with van der Waals surface area (Å²) >= 11 is 6.27. The number of nitrogens with zero attached hydrogens (tertiary/aromatic N) is 3. The second kappa shape index (κ2) is 8.96. The van der Waals surface area contributed by atoms with Crippen LogP contribution >= 0.6 is 11.6 Å². The quantitative estimate of drug-likeness (QED) is 0.470. The Bertz CT molecular complexity index is 1410. The molecule has 0 unspecified atom stereocenters. The zero-order valence-electron chi connectivity index (χ0n) is 17.8. The van der Waals surface area contributed by atoms with Crippen molar-refractivity contribution in [1.82, 2.24) is 19.4 Å². The Labute approximate surface area is 193 Å². The van der Waals surface area contributed by atoms with Gasteiger partial charge in [-0.1, -0.05) is 29.8 Å². The standard InChI is InChI=1S/C24H22ClFN4O3/c25-19-6-2-1-4-15(19)12-29-14-28-22-18-10-16(26)7-8-20(18)30(23(22)24(29)32)13-21(31)27-11-17-5-3-9-33-17/h1-2,4,6-8,10,14,17H,3,5,9,11-13H2,(H,27,31)/t17-/m1/s1. The number of rotatable bonds is 6. The molecule has 0 bridgehead atoms. The van der Waals surface area contributed by atoms with Gasteiger partial charge in [-0.05, 0) is 42.7 Å². The fraction of sp³-hybridized carbons (Fsp3) is 0.292. The molecule has 0 radical (unpaired) electrons. The molecule has 1 N–H and O–H groups in total. The van der Waals surface area contributed by atoms with E-state index in [0.717, 1.165) is 18.4 Å². The van der Waals surface area contributed by atoms with Crippen LogP contribution in [0.4, 0.5) is 4.39 Å². The van der Waals surface area contributed by atoms with E-state index >= 15 is 0 Å². The third kappa shape index (κ3) is 4.24. The number of ether oxygens (including phenoxy) is 1. The van der Waals surface area contributed by atoms with Crippen molar-refractivity contribution in [3.05, 3.63) is 75.5 Å². The number of hydrogen-bond acceptors (Lipinski definition) is 4. The average Bonchev–Trinajstić information content (AvgIpc) is 3.42. The van der Waals surface area contributed by atoms with E-state index in [1.807, 2.05) is 18.2 Å². The van der Waals surface area contributed by atoms with E-state index in [2.05, 4.69) is 10.3 Å². The van der Waals surface area contributed by atoms with Gasteiger partial charge in [0.15, 0.2) is 0 Å². The molecule has 1 atom stereocenters. The summed E-state index contributed by atoms with van der Waals surface area (Å²) in [6.45, 7) is 1.25. The molecule has 1 fully saturated rings. The summed E-state index contributed by atoms with van der Waals surface area (Å²) in [7, 11) is 0. The minimum atomic E-state index is -0.438. The van der Waals surface area contributed by atoms with Crippen molar-refractivity contribution in [2.24, 2.45) is 0 Å². The van der Waals surface area contributed by atoms with Gasteiger partial charge in [-0.15, -0.1) is 0 Å². The van der Waals surface area contributed by atoms with Crippen LogP contribution in [0.5, 0.6) is 0 Å². The van der Waals surface area contributed by atoms with Crippen molar-refractivity contribution in [2.75, 3.05) is 13.2 Å². The average molecular weight is 469 g/mol. The highest BCUT2D eigenvalue weighted by molar-refractivity contribution is 6.31. The molecule has 7 nitrogen and oxygen atoms in total. The lowest BCUT2D eigenvalue weighted by molar-refractivity contribution is -0.122. The fourth-order valence-electron chi connectivity index (χ4n) is 4.29. The molecular weight excluding hydrogens is 447 g/mol. The van der Waals surface area contributed by atoms with Crippen molar-refractivity contribution in [3.63, 3.8) is 0 Å². The van der Waals surface area contributed by atoms with Crippen LogP contribution in [0.25, 0.3) is 21.9 Å². The molecule has 0 spiro atoms. The van der Waals surface area contributed by atoms with Gasteiger partial charge in [-0.2, -0.15) is 0 Å². The summed E-state index contributed by atoms with van der Waals surface area (Å²) in [6, 6.07) is 11.5. The number of halogens is 2. The Kier molecular flexibility index (Phi) is 5.86. The lowest BCUT2D eigenvalue weighted by atomic mass is 10.2. The second-order valence-electron chi connectivity index (χ2n) is 8.15. The molecule has 1 aliphatic rings. The molecule has 2 aromatic carbocycles. The molecule has 3 heterocycles. The van der Waals surface area contributed by atoms with Crippen molar-refractivity contribution in [3.8, 4) is 0 Å². The molecule has 170 valence electrons. The number of benzene rings is 2. The molecule has 0 saturated carbocycles. The van der Waals surface area contributed by atoms with Crippen LogP contribution in [0.2, 0.25) is 5.02 Å². The Morgan fingerprint density at radius 3 is 2.91 bits per heavy atom. The van der Waals surface area contributed by atoms with Gasteiger partial charge in [-0.25, -0.2) is 9.37 Å². The largest absolute Gasteiger partial charge is 0.376 e. The van der Waals surface area contributed by atoms with Gasteiger partial charge in [0.2, 0.25) is 5.91 Å². The number of fused-ring (bicyclic) bond motifs is 3. The Balaban J connectivity index is 1.55. The van der Waals surface area contributed by atoms with Crippen LogP contribution in [0.1, 0.15) is 18.4 Å². The van der Waals surface area contributed by atoms with Crippen LogP contribution in [0, 0.1) is 5.82 Å². The summed E-state index contributed by atoms with van der Waals surface area (Å²) in [5, 5.41) is 3.91. The molecule has 2 aromatic heterocycles. The van der Waals surface area contributed by atoms with Crippen LogP contribution in [-0.4, -0.2) is 39.3 Å². The maximum atomic E-state index is 14.0. The van der Waals surface area contributed by atoms with E-state index < -0.39 is 5.82 Å². The van der Waals surface area contributed by atoms with E-state index in [1.54, 1.807) is 16.7 Å². The maximum Gasteiger partial charge on any atom is 0.278 e. The fourth-order valence-corrected chi connectivity index (χ4v) is 4.49. The molecule has 4 aromatic rings. The summed E-state index contributed by atoms with van der Waals surface area (Å²) in [5.41, 5.74) is 1.61. The van der Waals surface area contributed by atoms with E-state index in [1.165, 1.54) is 23.0 Å². The first-order valence-electron chi connectivity index (χ1n) is 10.8. The van der Waals surface area contributed by atoms with Crippen LogP contribution in [0.3, 0.4) is 0 Å². The lowest BCUT2D eigenvalue weighted by Crippen LogP contribution is -2.34. The molecule has 33 heavy (non-hydrogen) atoms. The lowest BCUT2D eigenvalue weighted by Gasteiger charge is -2.12. The van der Waals surface area contributed by atoms with E-state index in [-0.39, 0.29) is 36.2 Å². The number of carbonyl (C=O) groups excluding carboxylic acids is 1. The highest BCUT2D eigenvalue weighted by Crippen LogP contribution is 2.26. The predicted octanol–water partition coefficient (Wildman–Crippen LogP) is 3.49. The predicted molar refractivity (Wildman–Crippen MR) is 124 cm³/mol. The summed E-state index contributed by atoms with van der Waals surface area (Å²) in [6.07, 6.45) is 3.33. The normalized spacial score (nSPS) is 16.0. The number of amides is 1. The third-order valence-electron chi connectivity index (χ3n) is 5.94. The van der Waals surface area contributed by atoms with Crippen LogP contribution < -0.4 is 10.9 Å². The zero-order valence-corrected chi connectivity index (χ0v) is 18.5. The number of hydrogen-bond donors (Lipinski definition) is 1.